The minimum absolute atomic E-state index is 0.0688. The molecule has 0 spiro atoms. The highest BCUT2D eigenvalue weighted by Gasteiger charge is 2.17. The monoisotopic (exact) mass is 210 g/mol. The molecule has 2 aromatic rings. The summed E-state index contributed by atoms with van der Waals surface area (Å²) >= 11 is 0. The third-order valence-corrected chi connectivity index (χ3v) is 1.92. The van der Waals surface area contributed by atoms with Crippen LogP contribution in [0.2, 0.25) is 0 Å². The lowest BCUT2D eigenvalue weighted by Crippen LogP contribution is -2.02. The number of oxazole rings is 1. The van der Waals surface area contributed by atoms with Crippen molar-refractivity contribution in [3.63, 3.8) is 0 Å². The highest BCUT2D eigenvalue weighted by molar-refractivity contribution is 6.01. The molecule has 0 fully saturated rings. The van der Waals surface area contributed by atoms with Gasteiger partial charge in [-0.2, -0.15) is 4.98 Å². The number of nitrogens with two attached hydrogens (primary N) is 1. The molecule has 1 aromatic carbocycles. The van der Waals surface area contributed by atoms with E-state index in [1.54, 1.807) is 0 Å². The van der Waals surface area contributed by atoms with Gasteiger partial charge in [-0.3, -0.25) is 0 Å². The molecule has 2 N–H and O–H groups in total. The molecule has 1 aromatic heterocycles. The zero-order valence-corrected chi connectivity index (χ0v) is 7.78. The maximum Gasteiger partial charge on any atom is 0.340 e. The predicted octanol–water partition coefficient (Wildman–Crippen LogP) is 1.34. The molecule has 0 aliphatic rings. The van der Waals surface area contributed by atoms with E-state index in [0.29, 0.717) is 0 Å². The average Bonchev–Trinajstić information content (AvgIpc) is 2.60. The number of fused-ring (bicyclic) bond motifs is 1. The number of aromatic nitrogens is 1. The van der Waals surface area contributed by atoms with Crippen LogP contribution in [0.3, 0.4) is 0 Å². The lowest BCUT2D eigenvalue weighted by molar-refractivity contribution is 0.0602. The van der Waals surface area contributed by atoms with E-state index in [-0.39, 0.29) is 22.7 Å². The van der Waals surface area contributed by atoms with Gasteiger partial charge in [0.25, 0.3) is 6.01 Å². The van der Waals surface area contributed by atoms with Crippen molar-refractivity contribution < 1.29 is 18.3 Å². The minimum Gasteiger partial charge on any atom is -0.465 e. The molecule has 0 bridgehead atoms. The molecule has 0 atom stereocenters. The van der Waals surface area contributed by atoms with Gasteiger partial charge in [0.1, 0.15) is 5.52 Å². The van der Waals surface area contributed by atoms with Gasteiger partial charge in [-0.05, 0) is 12.1 Å². The van der Waals surface area contributed by atoms with Crippen LogP contribution >= 0.6 is 0 Å². The second-order valence-corrected chi connectivity index (χ2v) is 2.82. The Morgan fingerprint density at radius 2 is 2.33 bits per heavy atom. The van der Waals surface area contributed by atoms with Crippen molar-refractivity contribution in [1.29, 1.82) is 0 Å². The molecule has 0 saturated heterocycles. The zero-order chi connectivity index (χ0) is 11.0. The second kappa shape index (κ2) is 3.23. The summed E-state index contributed by atoms with van der Waals surface area (Å²) in [5.41, 5.74) is 5.32. The molecule has 1 heterocycles. The molecule has 0 radical (unpaired) electrons. The summed E-state index contributed by atoms with van der Waals surface area (Å²) in [4.78, 5) is 15.0. The van der Waals surface area contributed by atoms with Gasteiger partial charge >= 0.3 is 5.97 Å². The number of carbonyl (C=O) groups excluding carboxylic acids is 1. The number of nitrogens with zero attached hydrogens (tertiary/aromatic N) is 1. The van der Waals surface area contributed by atoms with Crippen LogP contribution in [0, 0.1) is 5.82 Å². The fourth-order valence-corrected chi connectivity index (χ4v) is 1.27. The SMILES string of the molecule is COC(=O)c1ccc(F)c2oc(N)nc12. The summed E-state index contributed by atoms with van der Waals surface area (Å²) < 4.78 is 22.5. The van der Waals surface area contributed by atoms with Crippen molar-refractivity contribution in [3.8, 4) is 0 Å². The molecular weight excluding hydrogens is 203 g/mol. The number of hydrogen-bond acceptors (Lipinski definition) is 5. The van der Waals surface area contributed by atoms with E-state index in [1.165, 1.54) is 13.2 Å². The van der Waals surface area contributed by atoms with E-state index in [1.807, 2.05) is 0 Å². The van der Waals surface area contributed by atoms with Crippen molar-refractivity contribution in [1.82, 2.24) is 4.98 Å². The fraction of sp³-hybridized carbons (Fsp3) is 0.111. The highest BCUT2D eigenvalue weighted by Crippen LogP contribution is 2.24. The molecular formula is C9H7FN2O3. The van der Waals surface area contributed by atoms with E-state index in [9.17, 15) is 9.18 Å². The molecule has 5 nitrogen and oxygen atoms in total. The maximum atomic E-state index is 13.2. The van der Waals surface area contributed by atoms with Crippen LogP contribution in [0.4, 0.5) is 10.4 Å². The van der Waals surface area contributed by atoms with Crippen LogP contribution in [-0.4, -0.2) is 18.1 Å². The molecule has 6 heteroatoms. The minimum atomic E-state index is -0.623. The number of methoxy groups -OCH3 is 1. The van der Waals surface area contributed by atoms with Crippen molar-refractivity contribution >= 4 is 23.1 Å². The van der Waals surface area contributed by atoms with Crippen molar-refractivity contribution in [2.24, 2.45) is 0 Å². The van der Waals surface area contributed by atoms with E-state index in [4.69, 9.17) is 10.2 Å². The summed E-state index contributed by atoms with van der Waals surface area (Å²) in [6, 6.07) is 2.17. The standard InChI is InChI=1S/C9H7FN2O3/c1-14-8(13)4-2-3-5(10)7-6(4)12-9(11)15-7/h2-3H,1H3,(H2,11,12). The van der Waals surface area contributed by atoms with Gasteiger partial charge in [-0.15, -0.1) is 0 Å². The maximum absolute atomic E-state index is 13.2. The Kier molecular flexibility index (Phi) is 2.03. The average molecular weight is 210 g/mol. The Balaban J connectivity index is 2.76. The summed E-state index contributed by atoms with van der Waals surface area (Å²) in [5.74, 6) is -1.24. The first-order chi connectivity index (χ1) is 7.13. The molecule has 0 amide bonds. The van der Waals surface area contributed by atoms with Crippen LogP contribution < -0.4 is 5.73 Å². The van der Waals surface area contributed by atoms with Gasteiger partial charge in [0.15, 0.2) is 11.4 Å². The molecule has 0 unspecified atom stereocenters. The summed E-state index contributed by atoms with van der Waals surface area (Å²) in [6.45, 7) is 0. The zero-order valence-electron chi connectivity index (χ0n) is 7.78. The van der Waals surface area contributed by atoms with Crippen molar-refractivity contribution in [3.05, 3.63) is 23.5 Å². The first-order valence-corrected chi connectivity index (χ1v) is 4.06. The van der Waals surface area contributed by atoms with E-state index >= 15 is 0 Å². The van der Waals surface area contributed by atoms with Gasteiger partial charge in [0.05, 0.1) is 12.7 Å². The smallest absolute Gasteiger partial charge is 0.340 e. The first kappa shape index (κ1) is 9.45. The summed E-state index contributed by atoms with van der Waals surface area (Å²) in [7, 11) is 1.22. The topological polar surface area (TPSA) is 78.3 Å². The van der Waals surface area contributed by atoms with Crippen LogP contribution in [0.1, 0.15) is 10.4 Å². The number of halogens is 1. The Bertz CT molecular complexity index is 535. The Morgan fingerprint density at radius 1 is 1.60 bits per heavy atom. The van der Waals surface area contributed by atoms with Crippen molar-refractivity contribution in [2.75, 3.05) is 12.8 Å². The lowest BCUT2D eigenvalue weighted by Gasteiger charge is -1.98. The number of anilines is 1. The highest BCUT2D eigenvalue weighted by atomic mass is 19.1. The number of ether oxygens (including phenoxy) is 1. The molecule has 15 heavy (non-hydrogen) atoms. The second-order valence-electron chi connectivity index (χ2n) is 2.82. The lowest BCUT2D eigenvalue weighted by atomic mass is 10.2. The van der Waals surface area contributed by atoms with Crippen LogP contribution in [-0.2, 0) is 4.74 Å². The van der Waals surface area contributed by atoms with Gasteiger partial charge in [-0.1, -0.05) is 0 Å². The first-order valence-electron chi connectivity index (χ1n) is 4.06. The Morgan fingerprint density at radius 3 is 3.00 bits per heavy atom. The third-order valence-electron chi connectivity index (χ3n) is 1.92. The Labute approximate surface area is 83.6 Å². The number of carbonyl (C=O) groups is 1. The molecule has 0 aliphatic carbocycles. The van der Waals surface area contributed by atoms with Crippen LogP contribution in [0.5, 0.6) is 0 Å². The Hall–Kier alpha value is -2.11. The summed E-state index contributed by atoms with van der Waals surface area (Å²) in [6.07, 6.45) is 0. The van der Waals surface area contributed by atoms with Gasteiger partial charge in [0, 0.05) is 0 Å². The molecule has 78 valence electrons. The molecule has 2 rings (SSSR count). The summed E-state index contributed by atoms with van der Waals surface area (Å²) in [5, 5.41) is 0. The predicted molar refractivity (Wildman–Crippen MR) is 49.7 cm³/mol. The fourth-order valence-electron chi connectivity index (χ4n) is 1.27. The van der Waals surface area contributed by atoms with Gasteiger partial charge in [0.2, 0.25) is 0 Å². The normalized spacial score (nSPS) is 10.5. The van der Waals surface area contributed by atoms with Crippen LogP contribution in [0.25, 0.3) is 11.1 Å². The quantitative estimate of drug-likeness (QED) is 0.718. The van der Waals surface area contributed by atoms with E-state index in [2.05, 4.69) is 9.72 Å². The van der Waals surface area contributed by atoms with Crippen molar-refractivity contribution in [2.45, 2.75) is 0 Å². The number of esters is 1. The number of benzene rings is 1. The number of hydrogen-bond donors (Lipinski definition) is 1. The molecule has 0 aliphatic heterocycles. The third kappa shape index (κ3) is 1.39. The van der Waals surface area contributed by atoms with E-state index in [0.717, 1.165) is 6.07 Å². The molecule has 0 saturated carbocycles. The van der Waals surface area contributed by atoms with Crippen LogP contribution in [0.15, 0.2) is 16.5 Å². The number of nitrogen functional groups attached to an aromatic ring is 1. The van der Waals surface area contributed by atoms with Gasteiger partial charge < -0.3 is 14.9 Å². The number of rotatable bonds is 1. The largest absolute Gasteiger partial charge is 0.465 e. The van der Waals surface area contributed by atoms with E-state index < -0.39 is 11.8 Å². The van der Waals surface area contributed by atoms with Gasteiger partial charge in [-0.25, -0.2) is 9.18 Å².